The number of carbonyl (C=O) groups is 2. The number of likely N-dealkylation sites (tertiary alicyclic amines) is 1. The number of aliphatic carboxylic acids is 1. The first-order valence-corrected chi connectivity index (χ1v) is 16.1. The Kier molecular flexibility index (Phi) is 9.95. The number of amides is 1. The summed E-state index contributed by atoms with van der Waals surface area (Å²) in [5.41, 5.74) is 3.51. The molecule has 2 N–H and O–H groups in total. The van der Waals surface area contributed by atoms with Crippen molar-refractivity contribution in [3.05, 3.63) is 58.8 Å². The summed E-state index contributed by atoms with van der Waals surface area (Å²) in [7, 11) is 1.64. The lowest BCUT2D eigenvalue weighted by Gasteiger charge is -2.36. The largest absolute Gasteiger partial charge is 0.481 e. The fourth-order valence-corrected chi connectivity index (χ4v) is 7.35. The summed E-state index contributed by atoms with van der Waals surface area (Å²) >= 11 is 0. The molecule has 2 fully saturated rings. The smallest absolute Gasteiger partial charge is 0.326 e. The van der Waals surface area contributed by atoms with Gasteiger partial charge in [0.15, 0.2) is 0 Å². The molecule has 1 saturated carbocycles. The Morgan fingerprint density at radius 3 is 2.23 bits per heavy atom. The number of rotatable bonds is 8. The van der Waals surface area contributed by atoms with Gasteiger partial charge in [0.2, 0.25) is 11.8 Å². The number of nitrogens with zero attached hydrogens (tertiary/aromatic N) is 2. The average molecular weight is 592 g/mol. The minimum Gasteiger partial charge on any atom is -0.481 e. The molecule has 1 aromatic carbocycles. The molecule has 43 heavy (non-hydrogen) atoms. The summed E-state index contributed by atoms with van der Waals surface area (Å²) in [6.45, 7) is 17.4. The van der Waals surface area contributed by atoms with E-state index in [-0.39, 0.29) is 35.1 Å². The monoisotopic (exact) mass is 591 g/mol. The van der Waals surface area contributed by atoms with Crippen molar-refractivity contribution >= 4 is 11.9 Å². The van der Waals surface area contributed by atoms with Crippen molar-refractivity contribution in [3.8, 4) is 5.88 Å². The number of ether oxygens (including phenoxy) is 1. The molecule has 7 nitrogen and oxygen atoms in total. The van der Waals surface area contributed by atoms with Crippen LogP contribution in [0.2, 0.25) is 0 Å². The van der Waals surface area contributed by atoms with E-state index in [9.17, 15) is 14.7 Å². The number of methoxy groups -OCH3 is 1. The van der Waals surface area contributed by atoms with Crippen LogP contribution in [0.4, 0.5) is 0 Å². The van der Waals surface area contributed by atoms with E-state index in [2.05, 4.69) is 78.9 Å². The van der Waals surface area contributed by atoms with Crippen LogP contribution in [0.15, 0.2) is 36.4 Å². The van der Waals surface area contributed by atoms with E-state index in [0.717, 1.165) is 54.5 Å². The number of hydrogen-bond donors (Lipinski definition) is 2. The summed E-state index contributed by atoms with van der Waals surface area (Å²) in [5.74, 6) is -0.644. The lowest BCUT2D eigenvalue weighted by atomic mass is 9.72. The molecule has 1 aliphatic carbocycles. The molecule has 2 heterocycles. The Hall–Kier alpha value is -2.93. The molecular formula is C36H53N3O4. The van der Waals surface area contributed by atoms with E-state index < -0.39 is 23.5 Å². The molecule has 4 atom stereocenters. The molecule has 0 bridgehead atoms. The van der Waals surface area contributed by atoms with Gasteiger partial charge in [-0.2, -0.15) is 0 Å². The average Bonchev–Trinajstić information content (AvgIpc) is 3.31. The van der Waals surface area contributed by atoms with Gasteiger partial charge in [-0.25, -0.2) is 9.78 Å². The number of carboxylic acid groups (broad SMARTS) is 1. The van der Waals surface area contributed by atoms with Gasteiger partial charge in [0.25, 0.3) is 0 Å². The number of nitrogens with one attached hydrogen (secondary N) is 1. The van der Waals surface area contributed by atoms with Crippen LogP contribution in [-0.2, 0) is 21.5 Å². The van der Waals surface area contributed by atoms with E-state index in [1.54, 1.807) is 12.0 Å². The molecule has 1 amide bonds. The van der Waals surface area contributed by atoms with Crippen LogP contribution in [0.3, 0.4) is 0 Å². The zero-order valence-electron chi connectivity index (χ0n) is 27.7. The summed E-state index contributed by atoms with van der Waals surface area (Å²) < 4.78 is 5.74. The van der Waals surface area contributed by atoms with Crippen LogP contribution in [0.25, 0.3) is 0 Å². The minimum atomic E-state index is -0.944. The third-order valence-corrected chi connectivity index (χ3v) is 9.49. The quantitative estimate of drug-likeness (QED) is 0.336. The van der Waals surface area contributed by atoms with E-state index in [1.807, 2.05) is 18.2 Å². The lowest BCUT2D eigenvalue weighted by molar-refractivity contribution is -0.154. The van der Waals surface area contributed by atoms with Crippen LogP contribution < -0.4 is 10.1 Å². The molecule has 236 valence electrons. The van der Waals surface area contributed by atoms with Gasteiger partial charge in [-0.15, -0.1) is 0 Å². The molecule has 1 aliphatic heterocycles. The van der Waals surface area contributed by atoms with E-state index in [4.69, 9.17) is 9.72 Å². The Balaban J connectivity index is 1.86. The van der Waals surface area contributed by atoms with Crippen molar-refractivity contribution in [3.63, 3.8) is 0 Å². The van der Waals surface area contributed by atoms with Crippen molar-refractivity contribution in [1.29, 1.82) is 0 Å². The molecule has 2 aliphatic rings. The highest BCUT2D eigenvalue weighted by atomic mass is 16.5. The molecule has 0 radical (unpaired) electrons. The highest BCUT2D eigenvalue weighted by Gasteiger charge is 2.58. The predicted octanol–water partition coefficient (Wildman–Crippen LogP) is 7.25. The standard InChI is InChI=1S/C36H53N3O4/c1-22(2)25-17-13-14-18-26(25)30-29(37-21-24-19-20-27(35(3,4)5)38-32(24)43-9)28(36(6,7)8)31(34(41)42)39(30)33(40)23-15-11-10-12-16-23/h13-14,17-20,22-23,28-31,37H,10-12,15-16,21H2,1-9H3,(H,41,42)/t28-,29-,30-,31-/m0/s1. The summed E-state index contributed by atoms with van der Waals surface area (Å²) in [6, 6.07) is 10.7. The van der Waals surface area contributed by atoms with Gasteiger partial charge in [0.05, 0.1) is 13.2 Å². The van der Waals surface area contributed by atoms with Gasteiger partial charge in [-0.1, -0.05) is 105 Å². The normalized spacial score (nSPS) is 23.5. The maximum atomic E-state index is 14.5. The van der Waals surface area contributed by atoms with Crippen LogP contribution in [0.1, 0.15) is 122 Å². The first kappa shape index (κ1) is 33.0. The first-order chi connectivity index (χ1) is 20.2. The first-order valence-electron chi connectivity index (χ1n) is 16.1. The van der Waals surface area contributed by atoms with E-state index >= 15 is 0 Å². The summed E-state index contributed by atoms with van der Waals surface area (Å²) in [5, 5.41) is 14.6. The van der Waals surface area contributed by atoms with Crippen LogP contribution >= 0.6 is 0 Å². The third kappa shape index (κ3) is 6.92. The van der Waals surface area contributed by atoms with E-state index in [0.29, 0.717) is 12.4 Å². The summed E-state index contributed by atoms with van der Waals surface area (Å²) in [6.07, 6.45) is 4.79. The molecule has 4 rings (SSSR count). The van der Waals surface area contributed by atoms with Gasteiger partial charge >= 0.3 is 5.97 Å². The molecule has 2 aromatic rings. The van der Waals surface area contributed by atoms with Crippen LogP contribution in [-0.4, -0.2) is 46.1 Å². The molecule has 0 spiro atoms. The Labute approximate surface area is 258 Å². The molecule has 1 aromatic heterocycles. The fraction of sp³-hybridized carbons (Fsp3) is 0.639. The van der Waals surface area contributed by atoms with Gasteiger partial charge < -0.3 is 20.1 Å². The number of aromatic nitrogens is 1. The fourth-order valence-electron chi connectivity index (χ4n) is 7.35. The van der Waals surface area contributed by atoms with Gasteiger partial charge in [-0.3, -0.25) is 4.79 Å². The maximum Gasteiger partial charge on any atom is 0.326 e. The van der Waals surface area contributed by atoms with Crippen LogP contribution in [0.5, 0.6) is 5.88 Å². The number of carbonyl (C=O) groups excluding carboxylic acids is 1. The summed E-state index contributed by atoms with van der Waals surface area (Å²) in [4.78, 5) is 34.4. The number of benzene rings is 1. The number of carboxylic acids is 1. The Morgan fingerprint density at radius 1 is 1.02 bits per heavy atom. The second kappa shape index (κ2) is 13.0. The molecule has 0 unspecified atom stereocenters. The predicted molar refractivity (Wildman–Crippen MR) is 171 cm³/mol. The van der Waals surface area contributed by atoms with Crippen molar-refractivity contribution < 1.29 is 19.4 Å². The second-order valence-electron chi connectivity index (χ2n) is 15.0. The topological polar surface area (TPSA) is 91.8 Å². The second-order valence-corrected chi connectivity index (χ2v) is 15.0. The number of hydrogen-bond acceptors (Lipinski definition) is 5. The Morgan fingerprint density at radius 2 is 1.67 bits per heavy atom. The SMILES string of the molecule is COc1nc(C(C)(C)C)ccc1CN[C@H]1[C@H](C(C)(C)C)[C@@H](C(=O)O)N(C(=O)C2CCCCC2)[C@H]1c1ccccc1C(C)C. The number of pyridine rings is 1. The van der Waals surface area contributed by atoms with Gasteiger partial charge in [0, 0.05) is 41.1 Å². The van der Waals surface area contributed by atoms with Gasteiger partial charge in [0.1, 0.15) is 6.04 Å². The van der Waals surface area contributed by atoms with Crippen molar-refractivity contribution in [2.24, 2.45) is 17.3 Å². The third-order valence-electron chi connectivity index (χ3n) is 9.49. The van der Waals surface area contributed by atoms with Crippen molar-refractivity contribution in [2.75, 3.05) is 7.11 Å². The molecule has 1 saturated heterocycles. The zero-order valence-corrected chi connectivity index (χ0v) is 27.7. The maximum absolute atomic E-state index is 14.5. The highest BCUT2D eigenvalue weighted by molar-refractivity contribution is 5.87. The van der Waals surface area contributed by atoms with Gasteiger partial charge in [-0.05, 0) is 41.4 Å². The van der Waals surface area contributed by atoms with Crippen molar-refractivity contribution in [2.45, 2.75) is 123 Å². The van der Waals surface area contributed by atoms with E-state index in [1.165, 1.54) is 0 Å². The van der Waals surface area contributed by atoms with Crippen LogP contribution in [0, 0.1) is 17.3 Å². The zero-order chi connectivity index (χ0) is 31.7. The molecule has 7 heteroatoms. The highest BCUT2D eigenvalue weighted by Crippen LogP contribution is 2.50. The van der Waals surface area contributed by atoms with Crippen molar-refractivity contribution in [1.82, 2.24) is 15.2 Å². The minimum absolute atomic E-state index is 0.0111. The Bertz CT molecular complexity index is 1290. The lowest BCUT2D eigenvalue weighted by Crippen LogP contribution is -2.49. The molecular weight excluding hydrogens is 538 g/mol.